The number of rotatable bonds is 8. The number of benzene rings is 3. The van der Waals surface area contributed by atoms with Crippen molar-refractivity contribution in [1.29, 1.82) is 0 Å². The molecular formula is C27H18F5IN2O5. The standard InChI is InChI=1S/C27H18F5IN2O5/c1-3-39-18-10-14(9-17(33)25(18)40-11-13-4-6-15(7-5-13)27(37)38)8-16-12(2)34-35(26(16)36)24-22(31)20(29)19(28)21(30)23(24)32/h4-10H,3,11H2,1-2H3,(H,37,38)/b16-8+. The molecule has 7 nitrogen and oxygen atoms in total. The first kappa shape index (κ1) is 29.0. The van der Waals surface area contributed by atoms with E-state index in [-0.39, 0.29) is 35.1 Å². The fourth-order valence-corrected chi connectivity index (χ4v) is 4.54. The first-order chi connectivity index (χ1) is 18.9. The van der Waals surface area contributed by atoms with E-state index < -0.39 is 46.6 Å². The highest BCUT2D eigenvalue weighted by Crippen LogP contribution is 2.37. The van der Waals surface area contributed by atoms with E-state index in [0.717, 1.165) is 0 Å². The van der Waals surface area contributed by atoms with Gasteiger partial charge in [0.1, 0.15) is 12.3 Å². The molecule has 0 aliphatic carbocycles. The molecule has 208 valence electrons. The number of hydrogen-bond acceptors (Lipinski definition) is 5. The molecule has 13 heteroatoms. The maximum atomic E-state index is 14.3. The van der Waals surface area contributed by atoms with E-state index in [4.69, 9.17) is 14.6 Å². The first-order valence-corrected chi connectivity index (χ1v) is 12.6. The predicted octanol–water partition coefficient (Wildman–Crippen LogP) is 6.47. The van der Waals surface area contributed by atoms with Crippen molar-refractivity contribution < 1.29 is 46.1 Å². The van der Waals surface area contributed by atoms with Crippen molar-refractivity contribution in [3.63, 3.8) is 0 Å². The Kier molecular flexibility index (Phi) is 8.42. The molecule has 0 saturated heterocycles. The van der Waals surface area contributed by atoms with Crippen molar-refractivity contribution in [3.05, 3.63) is 91.3 Å². The van der Waals surface area contributed by atoms with E-state index in [0.29, 0.717) is 26.2 Å². The third-order valence-electron chi connectivity index (χ3n) is 5.69. The van der Waals surface area contributed by atoms with Gasteiger partial charge in [0.15, 0.2) is 34.8 Å². The van der Waals surface area contributed by atoms with Gasteiger partial charge in [-0.25, -0.2) is 26.7 Å². The lowest BCUT2D eigenvalue weighted by Gasteiger charge is -2.16. The Labute approximate surface area is 237 Å². The zero-order valence-corrected chi connectivity index (χ0v) is 22.9. The van der Waals surface area contributed by atoms with Crippen LogP contribution in [-0.2, 0) is 11.4 Å². The van der Waals surface area contributed by atoms with Crippen molar-refractivity contribution in [3.8, 4) is 11.5 Å². The number of carboxylic acids is 1. The van der Waals surface area contributed by atoms with Crippen LogP contribution in [0, 0.1) is 32.7 Å². The Bertz CT molecular complexity index is 1560. The molecule has 0 saturated carbocycles. The third-order valence-corrected chi connectivity index (χ3v) is 6.49. The largest absolute Gasteiger partial charge is 0.490 e. The second kappa shape index (κ2) is 11.6. The molecule has 0 radical (unpaired) electrons. The molecule has 1 aliphatic rings. The number of carbonyl (C=O) groups is 2. The minimum absolute atomic E-state index is 0.0213. The fourth-order valence-electron chi connectivity index (χ4n) is 3.76. The number of ether oxygens (including phenoxy) is 2. The molecule has 0 unspecified atom stereocenters. The smallest absolute Gasteiger partial charge is 0.335 e. The van der Waals surface area contributed by atoms with Gasteiger partial charge in [-0.2, -0.15) is 10.1 Å². The van der Waals surface area contributed by atoms with Crippen molar-refractivity contribution in [2.75, 3.05) is 11.6 Å². The summed E-state index contributed by atoms with van der Waals surface area (Å²) in [4.78, 5) is 24.0. The van der Waals surface area contributed by atoms with E-state index in [2.05, 4.69) is 5.10 Å². The molecule has 1 aliphatic heterocycles. The zero-order chi connectivity index (χ0) is 29.3. The normalized spacial score (nSPS) is 14.1. The van der Waals surface area contributed by atoms with Crippen LogP contribution in [0.4, 0.5) is 27.6 Å². The summed E-state index contributed by atoms with van der Waals surface area (Å²) < 4.78 is 81.8. The predicted molar refractivity (Wildman–Crippen MR) is 143 cm³/mol. The Hall–Kier alpha value is -4.01. The highest BCUT2D eigenvalue weighted by Gasteiger charge is 2.37. The van der Waals surface area contributed by atoms with Crippen LogP contribution in [0.3, 0.4) is 0 Å². The van der Waals surface area contributed by atoms with Gasteiger partial charge >= 0.3 is 5.97 Å². The van der Waals surface area contributed by atoms with Crippen LogP contribution in [0.5, 0.6) is 11.5 Å². The van der Waals surface area contributed by atoms with Gasteiger partial charge < -0.3 is 14.6 Å². The molecule has 0 atom stereocenters. The Morgan fingerprint density at radius 2 is 1.60 bits per heavy atom. The van der Waals surface area contributed by atoms with Crippen molar-refractivity contribution >= 4 is 51.9 Å². The molecular weight excluding hydrogens is 654 g/mol. The molecule has 1 N–H and O–H groups in total. The second-order valence-corrected chi connectivity index (χ2v) is 9.49. The van der Waals surface area contributed by atoms with Gasteiger partial charge in [-0.3, -0.25) is 4.79 Å². The number of amides is 1. The number of hydrogen-bond donors (Lipinski definition) is 1. The van der Waals surface area contributed by atoms with Gasteiger partial charge in [-0.15, -0.1) is 0 Å². The lowest BCUT2D eigenvalue weighted by Crippen LogP contribution is -2.25. The summed E-state index contributed by atoms with van der Waals surface area (Å²) in [5, 5.41) is 12.9. The van der Waals surface area contributed by atoms with E-state index in [9.17, 15) is 31.5 Å². The number of hydrazone groups is 1. The summed E-state index contributed by atoms with van der Waals surface area (Å²) >= 11 is 1.98. The maximum Gasteiger partial charge on any atom is 0.335 e. The average molecular weight is 672 g/mol. The van der Waals surface area contributed by atoms with Gasteiger partial charge in [0, 0.05) is 0 Å². The van der Waals surface area contributed by atoms with Crippen LogP contribution in [-0.4, -0.2) is 29.3 Å². The van der Waals surface area contributed by atoms with Crippen LogP contribution < -0.4 is 14.5 Å². The van der Waals surface area contributed by atoms with Gasteiger partial charge in [0.25, 0.3) is 5.91 Å². The number of carbonyl (C=O) groups excluding carboxylic acids is 1. The molecule has 1 heterocycles. The zero-order valence-electron chi connectivity index (χ0n) is 20.7. The van der Waals surface area contributed by atoms with E-state index in [1.807, 2.05) is 22.6 Å². The van der Waals surface area contributed by atoms with Crippen LogP contribution in [0.1, 0.15) is 35.3 Å². The number of aromatic carboxylic acids is 1. The topological polar surface area (TPSA) is 88.4 Å². The fraction of sp³-hybridized carbons (Fsp3) is 0.148. The van der Waals surface area contributed by atoms with Gasteiger partial charge in [0.05, 0.1) is 27.0 Å². The molecule has 0 fully saturated rings. The molecule has 0 bridgehead atoms. The average Bonchev–Trinajstić information content (AvgIpc) is 3.19. The van der Waals surface area contributed by atoms with Crippen LogP contribution in [0.25, 0.3) is 6.08 Å². The lowest BCUT2D eigenvalue weighted by atomic mass is 10.1. The Morgan fingerprint density at radius 3 is 2.17 bits per heavy atom. The van der Waals surface area contributed by atoms with Gasteiger partial charge in [-0.05, 0) is 77.9 Å². The number of nitrogens with zero attached hydrogens (tertiary/aromatic N) is 2. The lowest BCUT2D eigenvalue weighted by molar-refractivity contribution is -0.114. The van der Waals surface area contributed by atoms with E-state index in [1.54, 1.807) is 31.2 Å². The summed E-state index contributed by atoms with van der Waals surface area (Å²) in [5.74, 6) is -12.6. The minimum Gasteiger partial charge on any atom is -0.490 e. The molecule has 3 aromatic carbocycles. The van der Waals surface area contributed by atoms with Gasteiger partial charge in [-0.1, -0.05) is 12.1 Å². The number of halogens is 6. The summed E-state index contributed by atoms with van der Waals surface area (Å²) in [5.41, 5.74) is -0.408. The molecule has 3 aromatic rings. The molecule has 0 spiro atoms. The summed E-state index contributed by atoms with van der Waals surface area (Å²) in [7, 11) is 0. The highest BCUT2D eigenvalue weighted by atomic mass is 127. The van der Waals surface area contributed by atoms with Crippen molar-refractivity contribution in [2.24, 2.45) is 5.10 Å². The summed E-state index contributed by atoms with van der Waals surface area (Å²) in [6, 6.07) is 9.29. The summed E-state index contributed by atoms with van der Waals surface area (Å²) in [6.45, 7) is 3.44. The van der Waals surface area contributed by atoms with Crippen LogP contribution in [0.15, 0.2) is 47.1 Å². The number of anilines is 1. The quantitative estimate of drug-likeness (QED) is 0.0976. The van der Waals surface area contributed by atoms with Gasteiger partial charge in [0.2, 0.25) is 5.82 Å². The van der Waals surface area contributed by atoms with Crippen molar-refractivity contribution in [2.45, 2.75) is 20.5 Å². The SMILES string of the molecule is CCOc1cc(/C=C2/C(=O)N(c3c(F)c(F)c(F)c(F)c3F)N=C2C)cc(I)c1OCc1ccc(C(=O)O)cc1. The molecule has 0 aromatic heterocycles. The number of carboxylic acid groups (broad SMARTS) is 1. The molecule has 4 rings (SSSR count). The second-order valence-electron chi connectivity index (χ2n) is 8.33. The monoisotopic (exact) mass is 672 g/mol. The van der Waals surface area contributed by atoms with E-state index in [1.165, 1.54) is 25.1 Å². The van der Waals surface area contributed by atoms with E-state index >= 15 is 0 Å². The molecule has 1 amide bonds. The maximum absolute atomic E-state index is 14.3. The summed E-state index contributed by atoms with van der Waals surface area (Å²) in [6.07, 6.45) is 1.34. The third kappa shape index (κ3) is 5.50. The van der Waals surface area contributed by atoms with Crippen molar-refractivity contribution in [1.82, 2.24) is 0 Å². The van der Waals surface area contributed by atoms with Crippen LogP contribution >= 0.6 is 22.6 Å². The first-order valence-electron chi connectivity index (χ1n) is 11.5. The Balaban J connectivity index is 1.64. The highest BCUT2D eigenvalue weighted by molar-refractivity contribution is 14.1. The Morgan fingerprint density at radius 1 is 1.00 bits per heavy atom. The molecule has 40 heavy (non-hydrogen) atoms. The minimum atomic E-state index is -2.35. The van der Waals surface area contributed by atoms with Crippen LogP contribution in [0.2, 0.25) is 0 Å².